The molecule has 1 aliphatic heterocycles. The number of carbonyl (C=O) groups is 1. The lowest BCUT2D eigenvalue weighted by Gasteiger charge is -2.22. The molecule has 0 amide bonds. The number of nitrogens with one attached hydrogen (secondary N) is 1. The third-order valence-corrected chi connectivity index (χ3v) is 6.68. The van der Waals surface area contributed by atoms with Gasteiger partial charge in [-0.25, -0.2) is 0 Å². The first-order valence-corrected chi connectivity index (χ1v) is 9.08. The first kappa shape index (κ1) is 14.8. The lowest BCUT2D eigenvalue weighted by molar-refractivity contribution is 0.0862. The molecule has 0 unspecified atom stereocenters. The molecule has 1 aromatic heterocycles. The maximum atomic E-state index is 12.7. The fourth-order valence-electron chi connectivity index (χ4n) is 3.45. The van der Waals surface area contributed by atoms with Gasteiger partial charge in [0.2, 0.25) is 5.91 Å². The van der Waals surface area contributed by atoms with Crippen molar-refractivity contribution in [2.45, 2.75) is 51.5 Å². The molecule has 5 heteroatoms. The summed E-state index contributed by atoms with van der Waals surface area (Å²) in [6.07, 6.45) is 7.97. The minimum atomic E-state index is 0.257. The summed E-state index contributed by atoms with van der Waals surface area (Å²) >= 11 is 7.21. The number of carbonyl (C=O) groups excluding carboxylic acids is 1. The smallest absolute Gasteiger partial charge is 0.232 e. The van der Waals surface area contributed by atoms with Crippen LogP contribution in [0.4, 0.5) is 0 Å². The van der Waals surface area contributed by atoms with Crippen LogP contribution >= 0.6 is 31.9 Å². The van der Waals surface area contributed by atoms with Crippen molar-refractivity contribution in [3.05, 3.63) is 20.3 Å². The molecule has 1 N–H and O–H groups in total. The van der Waals surface area contributed by atoms with Crippen molar-refractivity contribution in [3.8, 4) is 0 Å². The predicted molar refractivity (Wildman–Crippen MR) is 87.1 cm³/mol. The molecule has 1 aromatic rings. The van der Waals surface area contributed by atoms with Gasteiger partial charge in [0.25, 0.3) is 0 Å². The van der Waals surface area contributed by atoms with Crippen LogP contribution in [0.1, 0.15) is 54.6 Å². The van der Waals surface area contributed by atoms with Crippen LogP contribution in [-0.4, -0.2) is 17.0 Å². The van der Waals surface area contributed by atoms with Crippen LogP contribution in [0.25, 0.3) is 0 Å². The zero-order chi connectivity index (χ0) is 14.1. The first-order chi connectivity index (χ1) is 9.68. The molecule has 0 spiro atoms. The van der Waals surface area contributed by atoms with Crippen LogP contribution in [0, 0.1) is 5.92 Å². The molecule has 0 saturated heterocycles. The summed E-state index contributed by atoms with van der Waals surface area (Å²) in [4.78, 5) is 12.7. The predicted octanol–water partition coefficient (Wildman–Crippen LogP) is 4.27. The number of rotatable bonds is 2. The minimum Gasteiger partial charge on any atom is -0.312 e. The highest BCUT2D eigenvalue weighted by molar-refractivity contribution is 9.13. The lowest BCUT2D eigenvalue weighted by Crippen LogP contribution is -2.27. The second-order valence-electron chi connectivity index (χ2n) is 5.89. The Bertz CT molecular complexity index is 518. The Morgan fingerprint density at radius 1 is 1.25 bits per heavy atom. The molecule has 0 radical (unpaired) electrons. The highest BCUT2D eigenvalue weighted by Gasteiger charge is 2.27. The van der Waals surface area contributed by atoms with Gasteiger partial charge in [0.15, 0.2) is 0 Å². The summed E-state index contributed by atoms with van der Waals surface area (Å²) in [5.74, 6) is 0.842. The SMILES string of the molecule is O=C(CC1CCCCC1)n1c(Br)c(Br)c2c1CCNC2. The number of hydrogen-bond donors (Lipinski definition) is 1. The van der Waals surface area contributed by atoms with Crippen molar-refractivity contribution >= 4 is 37.8 Å². The molecule has 1 saturated carbocycles. The summed E-state index contributed by atoms with van der Waals surface area (Å²) in [6.45, 7) is 1.80. The maximum Gasteiger partial charge on any atom is 0.232 e. The quantitative estimate of drug-likeness (QED) is 0.799. The van der Waals surface area contributed by atoms with Crippen molar-refractivity contribution in [3.63, 3.8) is 0 Å². The van der Waals surface area contributed by atoms with Crippen molar-refractivity contribution < 1.29 is 4.79 Å². The highest BCUT2D eigenvalue weighted by Crippen LogP contribution is 2.35. The average molecular weight is 404 g/mol. The molecule has 110 valence electrons. The van der Waals surface area contributed by atoms with E-state index in [1.807, 2.05) is 4.57 Å². The summed E-state index contributed by atoms with van der Waals surface area (Å²) in [7, 11) is 0. The average Bonchev–Trinajstić information content (AvgIpc) is 2.72. The van der Waals surface area contributed by atoms with Gasteiger partial charge in [0.1, 0.15) is 4.60 Å². The molecule has 2 heterocycles. The van der Waals surface area contributed by atoms with Gasteiger partial charge in [-0.15, -0.1) is 0 Å². The molecule has 20 heavy (non-hydrogen) atoms. The molecule has 0 aromatic carbocycles. The number of halogens is 2. The Morgan fingerprint density at radius 2 is 2.00 bits per heavy atom. The Hall–Kier alpha value is -0.130. The molecule has 0 bridgehead atoms. The molecule has 0 atom stereocenters. The van der Waals surface area contributed by atoms with Gasteiger partial charge >= 0.3 is 0 Å². The van der Waals surface area contributed by atoms with Gasteiger partial charge in [0, 0.05) is 37.2 Å². The summed E-state index contributed by atoms with van der Waals surface area (Å²) in [5.41, 5.74) is 2.42. The summed E-state index contributed by atoms with van der Waals surface area (Å²) < 4.78 is 3.85. The van der Waals surface area contributed by atoms with E-state index >= 15 is 0 Å². The monoisotopic (exact) mass is 402 g/mol. The van der Waals surface area contributed by atoms with E-state index < -0.39 is 0 Å². The Balaban J connectivity index is 1.83. The van der Waals surface area contributed by atoms with E-state index in [-0.39, 0.29) is 5.91 Å². The van der Waals surface area contributed by atoms with Crippen LogP contribution < -0.4 is 5.32 Å². The van der Waals surface area contributed by atoms with E-state index in [0.717, 1.165) is 28.6 Å². The number of hydrogen-bond acceptors (Lipinski definition) is 2. The first-order valence-electron chi connectivity index (χ1n) is 7.50. The van der Waals surface area contributed by atoms with E-state index in [1.165, 1.54) is 43.4 Å². The normalized spacial score (nSPS) is 19.9. The van der Waals surface area contributed by atoms with Crippen LogP contribution in [0.2, 0.25) is 0 Å². The van der Waals surface area contributed by atoms with Gasteiger partial charge in [-0.3, -0.25) is 9.36 Å². The topological polar surface area (TPSA) is 34.0 Å². The Morgan fingerprint density at radius 3 is 2.75 bits per heavy atom. The second kappa shape index (κ2) is 6.32. The summed E-state index contributed by atoms with van der Waals surface area (Å²) in [5, 5.41) is 3.37. The fraction of sp³-hybridized carbons (Fsp3) is 0.667. The molecule has 1 aliphatic carbocycles. The Labute approximate surface area is 136 Å². The van der Waals surface area contributed by atoms with Gasteiger partial charge < -0.3 is 5.32 Å². The maximum absolute atomic E-state index is 12.7. The number of aromatic nitrogens is 1. The third kappa shape index (κ3) is 2.77. The standard InChI is InChI=1S/C15H20Br2N2O/c16-14-11-9-18-7-6-12(11)19(15(14)17)13(20)8-10-4-2-1-3-5-10/h10,18H,1-9H2. The van der Waals surface area contributed by atoms with Crippen LogP contribution in [-0.2, 0) is 13.0 Å². The minimum absolute atomic E-state index is 0.257. The molecular formula is C15H20Br2N2O. The molecular weight excluding hydrogens is 384 g/mol. The van der Waals surface area contributed by atoms with Crippen molar-refractivity contribution in [1.82, 2.24) is 9.88 Å². The van der Waals surface area contributed by atoms with Crippen LogP contribution in [0.3, 0.4) is 0 Å². The zero-order valence-corrected chi connectivity index (χ0v) is 14.7. The summed E-state index contributed by atoms with van der Waals surface area (Å²) in [6, 6.07) is 0. The third-order valence-electron chi connectivity index (χ3n) is 4.54. The molecule has 2 aliphatic rings. The highest BCUT2D eigenvalue weighted by atomic mass is 79.9. The van der Waals surface area contributed by atoms with Crippen molar-refractivity contribution in [2.24, 2.45) is 5.92 Å². The van der Waals surface area contributed by atoms with Crippen LogP contribution in [0.5, 0.6) is 0 Å². The van der Waals surface area contributed by atoms with Crippen LogP contribution in [0.15, 0.2) is 9.08 Å². The van der Waals surface area contributed by atoms with E-state index in [9.17, 15) is 4.79 Å². The van der Waals surface area contributed by atoms with E-state index in [0.29, 0.717) is 12.3 Å². The van der Waals surface area contributed by atoms with E-state index in [2.05, 4.69) is 37.2 Å². The van der Waals surface area contributed by atoms with Crippen molar-refractivity contribution in [2.75, 3.05) is 6.54 Å². The molecule has 1 fully saturated rings. The molecule has 3 rings (SSSR count). The number of nitrogens with zero attached hydrogens (tertiary/aromatic N) is 1. The van der Waals surface area contributed by atoms with Gasteiger partial charge in [-0.05, 0) is 50.6 Å². The Kier molecular flexibility index (Phi) is 4.68. The second-order valence-corrected chi connectivity index (χ2v) is 7.44. The number of fused-ring (bicyclic) bond motifs is 1. The van der Waals surface area contributed by atoms with Gasteiger partial charge in [-0.2, -0.15) is 0 Å². The molecule has 3 nitrogen and oxygen atoms in total. The zero-order valence-electron chi connectivity index (χ0n) is 11.6. The van der Waals surface area contributed by atoms with Crippen molar-refractivity contribution in [1.29, 1.82) is 0 Å². The van der Waals surface area contributed by atoms with Gasteiger partial charge in [0.05, 0.1) is 4.47 Å². The fourth-order valence-corrected chi connectivity index (χ4v) is 4.65. The lowest BCUT2D eigenvalue weighted by atomic mass is 9.87. The van der Waals surface area contributed by atoms with Gasteiger partial charge in [-0.1, -0.05) is 19.3 Å². The van der Waals surface area contributed by atoms with E-state index in [4.69, 9.17) is 0 Å². The largest absolute Gasteiger partial charge is 0.312 e. The van der Waals surface area contributed by atoms with E-state index in [1.54, 1.807) is 0 Å².